The highest BCUT2D eigenvalue weighted by Crippen LogP contribution is 2.13. The average molecular weight is 214 g/mol. The number of hydroxylamine groups is 1. The zero-order chi connectivity index (χ0) is 11.4. The van der Waals surface area contributed by atoms with Crippen LogP contribution in [-0.4, -0.2) is 24.7 Å². The summed E-state index contributed by atoms with van der Waals surface area (Å²) < 4.78 is 34.7. The van der Waals surface area contributed by atoms with Crippen LogP contribution in [-0.2, 0) is 9.63 Å². The maximum atomic E-state index is 11.6. The summed E-state index contributed by atoms with van der Waals surface area (Å²) in [5, 5.41) is 0. The third-order valence-electron chi connectivity index (χ3n) is 1.43. The molecule has 0 aliphatic heterocycles. The van der Waals surface area contributed by atoms with Gasteiger partial charge < -0.3 is 5.73 Å². The Balaban J connectivity index is 3.75. The van der Waals surface area contributed by atoms with Crippen LogP contribution in [0, 0.1) is 5.92 Å². The minimum atomic E-state index is -4.46. The second-order valence-corrected chi connectivity index (χ2v) is 3.14. The standard InChI is InChI=1S/C7H13F3N2O2/c1-4(2)5(11)6(13)12-14-3-7(8,9)10/h4-5H,3,11H2,1-2H3,(H,12,13)/t5-/m0/s1. The predicted octanol–water partition coefficient (Wildman–Crippen LogP) is 0.580. The molecule has 0 aliphatic rings. The molecule has 3 N–H and O–H groups in total. The topological polar surface area (TPSA) is 64.4 Å². The second kappa shape index (κ2) is 5.16. The summed E-state index contributed by atoms with van der Waals surface area (Å²) in [7, 11) is 0. The summed E-state index contributed by atoms with van der Waals surface area (Å²) in [6, 6.07) is -0.872. The smallest absolute Gasteiger partial charge is 0.320 e. The molecule has 0 saturated heterocycles. The van der Waals surface area contributed by atoms with Gasteiger partial charge in [0.05, 0.1) is 6.04 Å². The van der Waals surface area contributed by atoms with E-state index in [0.717, 1.165) is 0 Å². The maximum Gasteiger partial charge on any atom is 0.414 e. The van der Waals surface area contributed by atoms with E-state index in [-0.39, 0.29) is 5.92 Å². The molecule has 0 aromatic rings. The number of halogens is 3. The SMILES string of the molecule is CC(C)[C@H](N)C(=O)NOCC(F)(F)F. The molecule has 7 heteroatoms. The molecule has 0 unspecified atom stereocenters. The van der Waals surface area contributed by atoms with E-state index in [1.807, 2.05) is 0 Å². The fourth-order valence-corrected chi connectivity index (χ4v) is 0.560. The van der Waals surface area contributed by atoms with Crippen LogP contribution < -0.4 is 11.2 Å². The van der Waals surface area contributed by atoms with Crippen molar-refractivity contribution in [3.05, 3.63) is 0 Å². The monoisotopic (exact) mass is 214 g/mol. The molecule has 0 saturated carbocycles. The summed E-state index contributed by atoms with van der Waals surface area (Å²) in [5.74, 6) is -0.922. The molecule has 1 atom stereocenters. The Labute approximate surface area is 79.5 Å². The number of nitrogens with one attached hydrogen (secondary N) is 1. The molecule has 0 aromatic carbocycles. The van der Waals surface area contributed by atoms with Gasteiger partial charge in [0.2, 0.25) is 0 Å². The highest BCUT2D eigenvalue weighted by atomic mass is 19.4. The summed E-state index contributed by atoms with van der Waals surface area (Å²) in [6.45, 7) is 1.82. The number of nitrogens with two attached hydrogens (primary N) is 1. The summed E-state index contributed by atoms with van der Waals surface area (Å²) >= 11 is 0. The fraction of sp³-hybridized carbons (Fsp3) is 0.857. The normalized spacial score (nSPS) is 14.2. The quantitative estimate of drug-likeness (QED) is 0.673. The first-order chi connectivity index (χ1) is 6.24. The van der Waals surface area contributed by atoms with Crippen molar-refractivity contribution in [2.24, 2.45) is 11.7 Å². The molecule has 0 rings (SSSR count). The first-order valence-electron chi connectivity index (χ1n) is 3.98. The van der Waals surface area contributed by atoms with Crippen molar-refractivity contribution in [3.8, 4) is 0 Å². The van der Waals surface area contributed by atoms with Crippen molar-refractivity contribution in [3.63, 3.8) is 0 Å². The number of rotatable bonds is 4. The van der Waals surface area contributed by atoms with Crippen LogP contribution in [0.1, 0.15) is 13.8 Å². The number of hydrogen-bond acceptors (Lipinski definition) is 3. The van der Waals surface area contributed by atoms with Crippen molar-refractivity contribution < 1.29 is 22.8 Å². The molecule has 0 heterocycles. The van der Waals surface area contributed by atoms with Gasteiger partial charge in [0.1, 0.15) is 0 Å². The molecule has 0 aromatic heterocycles. The van der Waals surface area contributed by atoms with E-state index in [2.05, 4.69) is 4.84 Å². The van der Waals surface area contributed by atoms with Crippen molar-refractivity contribution in [1.29, 1.82) is 0 Å². The first kappa shape index (κ1) is 13.2. The van der Waals surface area contributed by atoms with Gasteiger partial charge in [0.25, 0.3) is 5.91 Å². The Morgan fingerprint density at radius 3 is 2.36 bits per heavy atom. The van der Waals surface area contributed by atoms with Gasteiger partial charge in [-0.05, 0) is 5.92 Å². The van der Waals surface area contributed by atoms with Gasteiger partial charge in [-0.15, -0.1) is 0 Å². The van der Waals surface area contributed by atoms with E-state index in [9.17, 15) is 18.0 Å². The van der Waals surface area contributed by atoms with Crippen molar-refractivity contribution in [2.75, 3.05) is 6.61 Å². The third-order valence-corrected chi connectivity index (χ3v) is 1.43. The lowest BCUT2D eigenvalue weighted by molar-refractivity contribution is -0.192. The Kier molecular flexibility index (Phi) is 4.86. The zero-order valence-electron chi connectivity index (χ0n) is 7.89. The van der Waals surface area contributed by atoms with Gasteiger partial charge in [-0.25, -0.2) is 5.48 Å². The Morgan fingerprint density at radius 2 is 2.00 bits per heavy atom. The largest absolute Gasteiger partial charge is 0.414 e. The van der Waals surface area contributed by atoms with Crippen LogP contribution in [0.3, 0.4) is 0 Å². The fourth-order valence-electron chi connectivity index (χ4n) is 0.560. The second-order valence-electron chi connectivity index (χ2n) is 3.14. The zero-order valence-corrected chi connectivity index (χ0v) is 7.89. The Morgan fingerprint density at radius 1 is 1.50 bits per heavy atom. The van der Waals surface area contributed by atoms with E-state index < -0.39 is 24.7 Å². The van der Waals surface area contributed by atoms with E-state index in [1.54, 1.807) is 19.3 Å². The lowest BCUT2D eigenvalue weighted by Crippen LogP contribution is -2.44. The molecule has 84 valence electrons. The summed E-state index contributed by atoms with van der Waals surface area (Å²) in [4.78, 5) is 14.9. The maximum absolute atomic E-state index is 11.6. The first-order valence-corrected chi connectivity index (χ1v) is 3.98. The summed E-state index contributed by atoms with van der Waals surface area (Å²) in [5.41, 5.74) is 6.97. The molecular weight excluding hydrogens is 201 g/mol. The number of carbonyl (C=O) groups is 1. The third kappa shape index (κ3) is 5.76. The van der Waals surface area contributed by atoms with Gasteiger partial charge in [-0.1, -0.05) is 13.8 Å². The van der Waals surface area contributed by atoms with E-state index in [1.165, 1.54) is 0 Å². The van der Waals surface area contributed by atoms with Gasteiger partial charge in [-0.2, -0.15) is 13.2 Å². The minimum absolute atomic E-state index is 0.163. The van der Waals surface area contributed by atoms with Crippen LogP contribution in [0.5, 0.6) is 0 Å². The van der Waals surface area contributed by atoms with Gasteiger partial charge >= 0.3 is 6.18 Å². The lowest BCUT2D eigenvalue weighted by Gasteiger charge is -2.15. The minimum Gasteiger partial charge on any atom is -0.320 e. The highest BCUT2D eigenvalue weighted by Gasteiger charge is 2.28. The molecule has 0 radical (unpaired) electrons. The molecule has 0 aliphatic carbocycles. The van der Waals surface area contributed by atoms with Crippen LogP contribution in [0.2, 0.25) is 0 Å². The Bertz CT molecular complexity index is 194. The van der Waals surface area contributed by atoms with Crippen molar-refractivity contribution >= 4 is 5.91 Å². The van der Waals surface area contributed by atoms with Crippen molar-refractivity contribution in [2.45, 2.75) is 26.1 Å². The molecular formula is C7H13F3N2O2. The van der Waals surface area contributed by atoms with Crippen molar-refractivity contribution in [1.82, 2.24) is 5.48 Å². The van der Waals surface area contributed by atoms with Crippen LogP contribution in [0.25, 0.3) is 0 Å². The van der Waals surface area contributed by atoms with Crippen LogP contribution in [0.15, 0.2) is 0 Å². The molecule has 14 heavy (non-hydrogen) atoms. The lowest BCUT2D eigenvalue weighted by atomic mass is 10.1. The van der Waals surface area contributed by atoms with Crippen LogP contribution >= 0.6 is 0 Å². The van der Waals surface area contributed by atoms with E-state index in [0.29, 0.717) is 0 Å². The number of hydrogen-bond donors (Lipinski definition) is 2. The molecule has 0 spiro atoms. The predicted molar refractivity (Wildman–Crippen MR) is 43.0 cm³/mol. The molecule has 0 fully saturated rings. The average Bonchev–Trinajstić information content (AvgIpc) is 2.00. The molecule has 1 amide bonds. The van der Waals surface area contributed by atoms with Gasteiger partial charge in [0, 0.05) is 0 Å². The highest BCUT2D eigenvalue weighted by molar-refractivity contribution is 5.80. The van der Waals surface area contributed by atoms with Gasteiger partial charge in [0.15, 0.2) is 6.61 Å². The van der Waals surface area contributed by atoms with Crippen LogP contribution in [0.4, 0.5) is 13.2 Å². The van der Waals surface area contributed by atoms with E-state index in [4.69, 9.17) is 5.73 Å². The van der Waals surface area contributed by atoms with E-state index >= 15 is 0 Å². The Hall–Kier alpha value is -0.820. The number of amides is 1. The number of carbonyl (C=O) groups excluding carboxylic acids is 1. The molecule has 4 nitrogen and oxygen atoms in total. The molecule has 0 bridgehead atoms. The number of alkyl halides is 3. The summed E-state index contributed by atoms with van der Waals surface area (Å²) in [6.07, 6.45) is -4.46. The van der Waals surface area contributed by atoms with Gasteiger partial charge in [-0.3, -0.25) is 9.63 Å².